The second kappa shape index (κ2) is 7.45. The Morgan fingerprint density at radius 2 is 2.35 bits per heavy atom. The Hall–Kier alpha value is -0.870. The first kappa shape index (κ1) is 14.2. The number of hydrogen-bond acceptors (Lipinski definition) is 4. The molecule has 0 fully saturated rings. The molecule has 0 saturated carbocycles. The van der Waals surface area contributed by atoms with Gasteiger partial charge in [-0.3, -0.25) is 10.1 Å². The van der Waals surface area contributed by atoms with Crippen molar-refractivity contribution >= 4 is 17.3 Å². The number of ether oxygens (including phenoxy) is 1. The van der Waals surface area contributed by atoms with Gasteiger partial charge in [-0.1, -0.05) is 26.3 Å². The Balaban J connectivity index is 2.54. The highest BCUT2D eigenvalue weighted by molar-refractivity contribution is 7.09. The van der Waals surface area contributed by atoms with Crippen LogP contribution in [0.15, 0.2) is 17.5 Å². The monoisotopic (exact) mass is 255 g/mol. The summed E-state index contributed by atoms with van der Waals surface area (Å²) in [5.74, 6) is 0.134. The van der Waals surface area contributed by atoms with Crippen LogP contribution >= 0.6 is 11.3 Å². The van der Waals surface area contributed by atoms with E-state index in [1.165, 1.54) is 12.0 Å². The summed E-state index contributed by atoms with van der Waals surface area (Å²) < 4.78 is 4.85. The fraction of sp³-hybridized carbons (Fsp3) is 0.615. The molecule has 0 saturated heterocycles. The predicted molar refractivity (Wildman–Crippen MR) is 71.0 cm³/mol. The topological polar surface area (TPSA) is 38.3 Å². The van der Waals surface area contributed by atoms with E-state index >= 15 is 0 Å². The Labute approximate surface area is 107 Å². The van der Waals surface area contributed by atoms with E-state index in [9.17, 15) is 4.79 Å². The van der Waals surface area contributed by atoms with E-state index in [0.717, 1.165) is 19.4 Å². The average molecular weight is 255 g/mol. The molecule has 1 aromatic rings. The fourth-order valence-electron chi connectivity index (χ4n) is 1.89. The lowest BCUT2D eigenvalue weighted by Crippen LogP contribution is -2.42. The molecule has 0 aromatic carbocycles. The molecule has 1 rings (SSSR count). The lowest BCUT2D eigenvalue weighted by molar-refractivity contribution is -0.144. The molecular formula is C13H21NO2S. The highest BCUT2D eigenvalue weighted by Crippen LogP contribution is 2.14. The lowest BCUT2D eigenvalue weighted by atomic mass is 9.97. The van der Waals surface area contributed by atoms with Gasteiger partial charge in [0, 0.05) is 11.4 Å². The molecule has 3 nitrogen and oxygen atoms in total. The van der Waals surface area contributed by atoms with Crippen LogP contribution in [-0.4, -0.2) is 19.1 Å². The summed E-state index contributed by atoms with van der Waals surface area (Å²) in [5, 5.41) is 5.33. The largest absolute Gasteiger partial charge is 0.468 e. The van der Waals surface area contributed by atoms with Gasteiger partial charge in [-0.2, -0.15) is 0 Å². The van der Waals surface area contributed by atoms with Crippen LogP contribution in [-0.2, 0) is 16.1 Å². The van der Waals surface area contributed by atoms with E-state index in [0.29, 0.717) is 5.92 Å². The molecule has 1 heterocycles. The summed E-state index contributed by atoms with van der Waals surface area (Å²) in [4.78, 5) is 12.9. The molecule has 17 heavy (non-hydrogen) atoms. The number of carbonyl (C=O) groups excluding carboxylic acids is 1. The first-order valence-electron chi connectivity index (χ1n) is 6.02. The SMILES string of the molecule is CCCC(C)C(NCc1cccs1)C(=O)OC. The normalized spacial score (nSPS) is 14.3. The van der Waals surface area contributed by atoms with Crippen LogP contribution in [0.3, 0.4) is 0 Å². The van der Waals surface area contributed by atoms with Crippen LogP contribution in [0, 0.1) is 5.92 Å². The number of carbonyl (C=O) groups is 1. The summed E-state index contributed by atoms with van der Waals surface area (Å²) in [6.45, 7) is 4.95. The summed E-state index contributed by atoms with van der Waals surface area (Å²) in [5.41, 5.74) is 0. The van der Waals surface area contributed by atoms with E-state index in [1.807, 2.05) is 11.4 Å². The maximum Gasteiger partial charge on any atom is 0.323 e. The van der Waals surface area contributed by atoms with Crippen molar-refractivity contribution in [1.29, 1.82) is 0 Å². The molecule has 1 N–H and O–H groups in total. The van der Waals surface area contributed by atoms with Gasteiger partial charge in [0.25, 0.3) is 0 Å². The summed E-state index contributed by atoms with van der Waals surface area (Å²) in [6, 6.07) is 3.88. The minimum Gasteiger partial charge on any atom is -0.468 e. The molecule has 2 unspecified atom stereocenters. The Kier molecular flexibility index (Phi) is 6.22. The van der Waals surface area contributed by atoms with Crippen molar-refractivity contribution in [3.63, 3.8) is 0 Å². The van der Waals surface area contributed by atoms with Crippen molar-refractivity contribution in [2.75, 3.05) is 7.11 Å². The van der Waals surface area contributed by atoms with E-state index in [4.69, 9.17) is 4.74 Å². The third-order valence-electron chi connectivity index (χ3n) is 2.84. The zero-order valence-corrected chi connectivity index (χ0v) is 11.5. The molecule has 0 aliphatic rings. The van der Waals surface area contributed by atoms with Crippen LogP contribution in [0.1, 0.15) is 31.6 Å². The standard InChI is InChI=1S/C13H21NO2S/c1-4-6-10(2)12(13(15)16-3)14-9-11-7-5-8-17-11/h5,7-8,10,12,14H,4,6,9H2,1-3H3. The first-order valence-corrected chi connectivity index (χ1v) is 6.90. The number of rotatable bonds is 7. The summed E-state index contributed by atoms with van der Waals surface area (Å²) in [6.07, 6.45) is 2.10. The van der Waals surface area contributed by atoms with E-state index in [-0.39, 0.29) is 12.0 Å². The molecule has 0 spiro atoms. The van der Waals surface area contributed by atoms with Crippen LogP contribution in [0.4, 0.5) is 0 Å². The van der Waals surface area contributed by atoms with Crippen molar-refractivity contribution in [3.8, 4) is 0 Å². The van der Waals surface area contributed by atoms with Crippen LogP contribution in [0.5, 0.6) is 0 Å². The van der Waals surface area contributed by atoms with Gasteiger partial charge >= 0.3 is 5.97 Å². The van der Waals surface area contributed by atoms with Gasteiger partial charge in [0.05, 0.1) is 7.11 Å². The third kappa shape index (κ3) is 4.48. The van der Waals surface area contributed by atoms with Gasteiger partial charge in [0.2, 0.25) is 0 Å². The van der Waals surface area contributed by atoms with Gasteiger partial charge < -0.3 is 4.74 Å². The number of thiophene rings is 1. The molecule has 1 aromatic heterocycles. The highest BCUT2D eigenvalue weighted by Gasteiger charge is 2.24. The van der Waals surface area contributed by atoms with Crippen molar-refractivity contribution in [2.24, 2.45) is 5.92 Å². The highest BCUT2D eigenvalue weighted by atomic mass is 32.1. The number of nitrogens with one attached hydrogen (secondary N) is 1. The Bertz CT molecular complexity index is 324. The number of hydrogen-bond donors (Lipinski definition) is 1. The molecular weight excluding hydrogens is 234 g/mol. The first-order chi connectivity index (χ1) is 8.19. The molecule has 0 bridgehead atoms. The van der Waals surface area contributed by atoms with E-state index < -0.39 is 0 Å². The molecule has 4 heteroatoms. The second-order valence-electron chi connectivity index (χ2n) is 4.23. The zero-order chi connectivity index (χ0) is 12.7. The number of esters is 1. The van der Waals surface area contributed by atoms with E-state index in [1.54, 1.807) is 11.3 Å². The molecule has 96 valence electrons. The number of methoxy groups -OCH3 is 1. The molecule has 0 radical (unpaired) electrons. The zero-order valence-electron chi connectivity index (χ0n) is 10.7. The third-order valence-corrected chi connectivity index (χ3v) is 3.72. The smallest absolute Gasteiger partial charge is 0.323 e. The predicted octanol–water partition coefficient (Wildman–Crippen LogP) is 2.82. The van der Waals surface area contributed by atoms with Gasteiger partial charge in [-0.05, 0) is 23.8 Å². The molecule has 0 aliphatic heterocycles. The van der Waals surface area contributed by atoms with Crippen molar-refractivity contribution in [1.82, 2.24) is 5.32 Å². The van der Waals surface area contributed by atoms with Crippen molar-refractivity contribution in [3.05, 3.63) is 22.4 Å². The van der Waals surface area contributed by atoms with Gasteiger partial charge in [0.1, 0.15) is 6.04 Å². The van der Waals surface area contributed by atoms with Crippen LogP contribution in [0.2, 0.25) is 0 Å². The van der Waals surface area contributed by atoms with Gasteiger partial charge in [-0.25, -0.2) is 0 Å². The summed E-state index contributed by atoms with van der Waals surface area (Å²) >= 11 is 1.69. The molecule has 0 amide bonds. The maximum absolute atomic E-state index is 11.7. The van der Waals surface area contributed by atoms with E-state index in [2.05, 4.69) is 25.2 Å². The average Bonchev–Trinajstić information content (AvgIpc) is 2.82. The minimum absolute atomic E-state index is 0.164. The molecule has 2 atom stereocenters. The lowest BCUT2D eigenvalue weighted by Gasteiger charge is -2.22. The Morgan fingerprint density at radius 1 is 1.59 bits per heavy atom. The molecule has 0 aliphatic carbocycles. The minimum atomic E-state index is -0.206. The Morgan fingerprint density at radius 3 is 2.88 bits per heavy atom. The van der Waals surface area contributed by atoms with Crippen LogP contribution < -0.4 is 5.32 Å². The summed E-state index contributed by atoms with van der Waals surface area (Å²) in [7, 11) is 1.45. The quantitative estimate of drug-likeness (QED) is 0.761. The van der Waals surface area contributed by atoms with Crippen molar-refractivity contribution < 1.29 is 9.53 Å². The van der Waals surface area contributed by atoms with Gasteiger partial charge in [-0.15, -0.1) is 11.3 Å². The van der Waals surface area contributed by atoms with Gasteiger partial charge in [0.15, 0.2) is 0 Å². The van der Waals surface area contributed by atoms with Crippen LogP contribution in [0.25, 0.3) is 0 Å². The second-order valence-corrected chi connectivity index (χ2v) is 5.26. The fourth-order valence-corrected chi connectivity index (χ4v) is 2.55. The van der Waals surface area contributed by atoms with Crippen molar-refractivity contribution in [2.45, 2.75) is 39.3 Å². The maximum atomic E-state index is 11.7.